The Labute approximate surface area is 131 Å². The molecule has 106 valence electrons. The number of nitrogens with zero attached hydrogens (tertiary/aromatic N) is 2. The number of aromatic nitrogens is 2. The summed E-state index contributed by atoms with van der Waals surface area (Å²) in [5.41, 5.74) is 2.07. The van der Waals surface area contributed by atoms with Crippen molar-refractivity contribution in [2.24, 2.45) is 5.92 Å². The van der Waals surface area contributed by atoms with E-state index in [4.69, 9.17) is 5.11 Å². The number of halogens is 2. The van der Waals surface area contributed by atoms with Crippen LogP contribution in [0.15, 0.2) is 34.9 Å². The van der Waals surface area contributed by atoms with E-state index in [-0.39, 0.29) is 18.3 Å². The molecule has 0 radical (unpaired) electrons. The molecule has 1 N–H and O–H groups in total. The van der Waals surface area contributed by atoms with Crippen molar-refractivity contribution in [3.63, 3.8) is 0 Å². The number of aliphatic carboxylic acids is 1. The first kappa shape index (κ1) is 15.1. The molecule has 3 rings (SSSR count). The number of imidazole rings is 1. The van der Waals surface area contributed by atoms with E-state index >= 15 is 0 Å². The van der Waals surface area contributed by atoms with Gasteiger partial charge >= 0.3 is 5.97 Å². The van der Waals surface area contributed by atoms with Crippen molar-refractivity contribution in [1.29, 1.82) is 0 Å². The van der Waals surface area contributed by atoms with Gasteiger partial charge in [0.15, 0.2) is 0 Å². The highest BCUT2D eigenvalue weighted by atomic mass is 79.9. The molecule has 1 atom stereocenters. The summed E-state index contributed by atoms with van der Waals surface area (Å²) >= 11 is 3.41. The monoisotopic (exact) mass is 356 g/mol. The molecular weight excluding hydrogens is 344 g/mol. The summed E-state index contributed by atoms with van der Waals surface area (Å²) in [7, 11) is 0. The third kappa shape index (κ3) is 2.74. The number of carbonyl (C=O) groups is 1. The zero-order chi connectivity index (χ0) is 13.4. The van der Waals surface area contributed by atoms with Crippen LogP contribution >= 0.6 is 28.3 Å². The predicted molar refractivity (Wildman–Crippen MR) is 82.1 cm³/mol. The highest BCUT2D eigenvalue weighted by Gasteiger charge is 2.26. The van der Waals surface area contributed by atoms with Crippen molar-refractivity contribution in [3.8, 4) is 11.4 Å². The summed E-state index contributed by atoms with van der Waals surface area (Å²) in [6.07, 6.45) is 3.04. The van der Waals surface area contributed by atoms with Crippen molar-refractivity contribution in [2.75, 3.05) is 0 Å². The molecule has 6 heteroatoms. The number of hydrogen-bond donors (Lipinski definition) is 1. The van der Waals surface area contributed by atoms with Gasteiger partial charge in [-0.25, -0.2) is 4.98 Å². The second-order valence-electron chi connectivity index (χ2n) is 4.76. The van der Waals surface area contributed by atoms with Gasteiger partial charge in [-0.2, -0.15) is 0 Å². The second-order valence-corrected chi connectivity index (χ2v) is 5.68. The normalized spacial score (nSPS) is 17.1. The standard InChI is InChI=1S/C14H13BrN2O2.ClH/c15-11-3-1-9(2-4-11)13-16-8-12-7-10(14(18)19)5-6-17(12)13;/h1-4,8,10H,5-7H2,(H,18,19);1H. The Bertz CT molecular complexity index is 625. The molecule has 1 aromatic carbocycles. The molecule has 2 aromatic rings. The van der Waals surface area contributed by atoms with Gasteiger partial charge in [0.1, 0.15) is 5.82 Å². The molecule has 2 heterocycles. The predicted octanol–water partition coefficient (Wildman–Crippen LogP) is 3.38. The van der Waals surface area contributed by atoms with E-state index in [1.807, 2.05) is 24.3 Å². The van der Waals surface area contributed by atoms with E-state index < -0.39 is 5.97 Å². The second kappa shape index (κ2) is 5.97. The Morgan fingerprint density at radius 1 is 1.35 bits per heavy atom. The van der Waals surface area contributed by atoms with Crippen molar-refractivity contribution < 1.29 is 9.90 Å². The minimum absolute atomic E-state index is 0. The maximum absolute atomic E-state index is 11.0. The van der Waals surface area contributed by atoms with E-state index in [1.165, 1.54) is 0 Å². The molecule has 1 aliphatic rings. The fraction of sp³-hybridized carbons (Fsp3) is 0.286. The van der Waals surface area contributed by atoms with Gasteiger partial charge in [0.25, 0.3) is 0 Å². The number of benzene rings is 1. The quantitative estimate of drug-likeness (QED) is 0.896. The van der Waals surface area contributed by atoms with E-state index in [0.29, 0.717) is 12.8 Å². The van der Waals surface area contributed by atoms with Crippen LogP contribution in [0.3, 0.4) is 0 Å². The Hall–Kier alpha value is -1.33. The van der Waals surface area contributed by atoms with Gasteiger partial charge in [-0.05, 0) is 18.6 Å². The number of carboxylic acids is 1. The third-order valence-corrected chi connectivity index (χ3v) is 4.08. The Morgan fingerprint density at radius 3 is 2.70 bits per heavy atom. The van der Waals surface area contributed by atoms with Gasteiger partial charge in [0, 0.05) is 34.9 Å². The fourth-order valence-corrected chi connectivity index (χ4v) is 2.77. The molecule has 0 saturated carbocycles. The number of fused-ring (bicyclic) bond motifs is 1. The fourth-order valence-electron chi connectivity index (χ4n) is 2.50. The summed E-state index contributed by atoms with van der Waals surface area (Å²) in [6.45, 7) is 0.720. The maximum atomic E-state index is 11.0. The van der Waals surface area contributed by atoms with Crippen LogP contribution in [0.4, 0.5) is 0 Å². The van der Waals surface area contributed by atoms with Gasteiger partial charge in [-0.1, -0.05) is 28.1 Å². The van der Waals surface area contributed by atoms with Crippen LogP contribution in [0.1, 0.15) is 12.1 Å². The van der Waals surface area contributed by atoms with E-state index in [0.717, 1.165) is 28.1 Å². The van der Waals surface area contributed by atoms with E-state index in [2.05, 4.69) is 25.5 Å². The minimum Gasteiger partial charge on any atom is -0.481 e. The Morgan fingerprint density at radius 2 is 2.05 bits per heavy atom. The summed E-state index contributed by atoms with van der Waals surface area (Å²) in [6, 6.07) is 8.01. The SMILES string of the molecule is Cl.O=C(O)C1CCn2c(cnc2-c2ccc(Br)cc2)C1. The van der Waals surface area contributed by atoms with Crippen LogP contribution in [-0.4, -0.2) is 20.6 Å². The lowest BCUT2D eigenvalue weighted by atomic mass is 9.96. The molecule has 20 heavy (non-hydrogen) atoms. The molecule has 0 bridgehead atoms. The molecular formula is C14H14BrClN2O2. The first-order valence-corrected chi connectivity index (χ1v) is 6.97. The number of hydrogen-bond acceptors (Lipinski definition) is 2. The highest BCUT2D eigenvalue weighted by Crippen LogP contribution is 2.28. The van der Waals surface area contributed by atoms with Crippen molar-refractivity contribution in [2.45, 2.75) is 19.4 Å². The first-order chi connectivity index (χ1) is 9.15. The number of carboxylic acid groups (broad SMARTS) is 1. The zero-order valence-corrected chi connectivity index (χ0v) is 13.0. The summed E-state index contributed by atoms with van der Waals surface area (Å²) < 4.78 is 3.16. The first-order valence-electron chi connectivity index (χ1n) is 6.18. The summed E-state index contributed by atoms with van der Waals surface area (Å²) in [5.74, 6) is -0.0639. The third-order valence-electron chi connectivity index (χ3n) is 3.55. The van der Waals surface area contributed by atoms with Crippen LogP contribution in [0.25, 0.3) is 11.4 Å². The van der Waals surface area contributed by atoms with Gasteiger partial charge < -0.3 is 9.67 Å². The lowest BCUT2D eigenvalue weighted by Crippen LogP contribution is -2.25. The van der Waals surface area contributed by atoms with Gasteiger partial charge in [-0.3, -0.25) is 4.79 Å². The van der Waals surface area contributed by atoms with Gasteiger partial charge in [0.2, 0.25) is 0 Å². The molecule has 0 amide bonds. The van der Waals surface area contributed by atoms with Gasteiger partial charge in [0.05, 0.1) is 5.92 Å². The molecule has 0 aliphatic carbocycles. The average Bonchev–Trinajstić information content (AvgIpc) is 2.82. The van der Waals surface area contributed by atoms with Crippen LogP contribution < -0.4 is 0 Å². The lowest BCUT2D eigenvalue weighted by Gasteiger charge is -2.22. The van der Waals surface area contributed by atoms with E-state index in [1.54, 1.807) is 6.20 Å². The summed E-state index contributed by atoms with van der Waals surface area (Å²) in [4.78, 5) is 15.5. The molecule has 4 nitrogen and oxygen atoms in total. The van der Waals surface area contributed by atoms with Crippen LogP contribution in [0.5, 0.6) is 0 Å². The van der Waals surface area contributed by atoms with Gasteiger partial charge in [-0.15, -0.1) is 12.4 Å². The topological polar surface area (TPSA) is 55.1 Å². The van der Waals surface area contributed by atoms with Crippen LogP contribution in [0.2, 0.25) is 0 Å². The molecule has 0 spiro atoms. The maximum Gasteiger partial charge on any atom is 0.306 e. The highest BCUT2D eigenvalue weighted by molar-refractivity contribution is 9.10. The summed E-state index contributed by atoms with van der Waals surface area (Å²) in [5, 5.41) is 9.08. The largest absolute Gasteiger partial charge is 0.481 e. The zero-order valence-electron chi connectivity index (χ0n) is 10.6. The van der Waals surface area contributed by atoms with E-state index in [9.17, 15) is 4.79 Å². The van der Waals surface area contributed by atoms with Crippen molar-refractivity contribution in [3.05, 3.63) is 40.6 Å². The molecule has 1 unspecified atom stereocenters. The molecule has 0 saturated heterocycles. The molecule has 1 aromatic heterocycles. The van der Waals surface area contributed by atoms with Crippen LogP contribution in [0, 0.1) is 5.92 Å². The molecule has 1 aliphatic heterocycles. The average molecular weight is 358 g/mol. The van der Waals surface area contributed by atoms with Crippen LogP contribution in [-0.2, 0) is 17.8 Å². The van der Waals surface area contributed by atoms with Crippen molar-refractivity contribution in [1.82, 2.24) is 9.55 Å². The Balaban J connectivity index is 0.00000147. The lowest BCUT2D eigenvalue weighted by molar-refractivity contribution is -0.142. The number of rotatable bonds is 2. The van der Waals surface area contributed by atoms with Crippen molar-refractivity contribution >= 4 is 34.3 Å². The molecule has 0 fully saturated rings. The minimum atomic E-state index is -0.711. The Kier molecular flexibility index (Phi) is 4.50. The smallest absolute Gasteiger partial charge is 0.306 e.